The van der Waals surface area contributed by atoms with Gasteiger partial charge in [-0.1, -0.05) is 18.2 Å². The van der Waals surface area contributed by atoms with Gasteiger partial charge in [0.2, 0.25) is 10.0 Å². The van der Waals surface area contributed by atoms with Crippen molar-refractivity contribution in [2.75, 3.05) is 17.6 Å². The van der Waals surface area contributed by atoms with Crippen molar-refractivity contribution in [2.45, 2.75) is 45.8 Å². The van der Waals surface area contributed by atoms with Crippen LogP contribution in [0.5, 0.6) is 5.75 Å². The predicted octanol–water partition coefficient (Wildman–Crippen LogP) is 3.73. The third-order valence-corrected chi connectivity index (χ3v) is 6.51. The maximum absolute atomic E-state index is 13.1. The summed E-state index contributed by atoms with van der Waals surface area (Å²) in [6, 6.07) is 10.9. The first-order valence-electron chi connectivity index (χ1n) is 9.53. The average molecular weight is 417 g/mol. The Labute approximate surface area is 172 Å². The van der Waals surface area contributed by atoms with E-state index in [-0.39, 0.29) is 11.9 Å². The molecule has 1 amide bonds. The number of benzene rings is 2. The summed E-state index contributed by atoms with van der Waals surface area (Å²) >= 11 is 0. The maximum Gasteiger partial charge on any atom is 0.252 e. The quantitative estimate of drug-likeness (QED) is 0.824. The zero-order valence-corrected chi connectivity index (χ0v) is 18.6. The van der Waals surface area contributed by atoms with Gasteiger partial charge in [0.25, 0.3) is 5.91 Å². The molecule has 0 aliphatic carbocycles. The summed E-state index contributed by atoms with van der Waals surface area (Å²) in [6.07, 6.45) is 1.78. The molecule has 7 heteroatoms. The standard InChI is InChI=1S/C22H28N2O4S/c1-14-10-11-17-18(13-22(3,4)28-20(17)12-14)23-21(25)16-8-7-9-19(15(16)2)24(5)29(6,26)27/h7-12,18H,13H2,1-6H3,(H,23,25). The zero-order chi connectivity index (χ0) is 21.6. The van der Waals surface area contributed by atoms with Crippen LogP contribution >= 0.6 is 0 Å². The number of fused-ring (bicyclic) bond motifs is 1. The molecule has 0 aromatic heterocycles. The highest BCUT2D eigenvalue weighted by atomic mass is 32.2. The van der Waals surface area contributed by atoms with E-state index in [4.69, 9.17) is 4.74 Å². The molecule has 0 saturated carbocycles. The number of carbonyl (C=O) groups is 1. The zero-order valence-electron chi connectivity index (χ0n) is 17.7. The molecule has 1 heterocycles. The lowest BCUT2D eigenvalue weighted by atomic mass is 9.89. The van der Waals surface area contributed by atoms with Crippen LogP contribution in [0.25, 0.3) is 0 Å². The monoisotopic (exact) mass is 416 g/mol. The van der Waals surface area contributed by atoms with Gasteiger partial charge in [-0.05, 0) is 57.0 Å². The number of sulfonamides is 1. The molecule has 1 aliphatic rings. The summed E-state index contributed by atoms with van der Waals surface area (Å²) in [4.78, 5) is 13.1. The minimum atomic E-state index is -3.42. The van der Waals surface area contributed by atoms with Crippen LogP contribution in [-0.4, -0.2) is 33.2 Å². The highest BCUT2D eigenvalue weighted by Crippen LogP contribution is 2.40. The minimum absolute atomic E-state index is 0.197. The van der Waals surface area contributed by atoms with Crippen LogP contribution < -0.4 is 14.4 Å². The topological polar surface area (TPSA) is 75.7 Å². The van der Waals surface area contributed by atoms with Crippen molar-refractivity contribution < 1.29 is 17.9 Å². The molecule has 29 heavy (non-hydrogen) atoms. The third kappa shape index (κ3) is 4.40. The molecule has 0 fully saturated rings. The van der Waals surface area contributed by atoms with E-state index in [0.717, 1.165) is 23.1 Å². The highest BCUT2D eigenvalue weighted by Gasteiger charge is 2.35. The van der Waals surface area contributed by atoms with Gasteiger partial charge in [-0.25, -0.2) is 8.42 Å². The van der Waals surface area contributed by atoms with Gasteiger partial charge >= 0.3 is 0 Å². The summed E-state index contributed by atoms with van der Waals surface area (Å²) in [5.74, 6) is 0.550. The van der Waals surface area contributed by atoms with Gasteiger partial charge in [0.1, 0.15) is 11.4 Å². The molecule has 0 saturated heterocycles. The molecule has 156 valence electrons. The molecular formula is C22H28N2O4S. The fourth-order valence-corrected chi connectivity index (χ4v) is 4.27. The molecule has 3 rings (SSSR count). The number of rotatable bonds is 4. The van der Waals surface area contributed by atoms with Crippen molar-refractivity contribution >= 4 is 21.6 Å². The molecule has 0 radical (unpaired) electrons. The Morgan fingerprint density at radius 3 is 2.55 bits per heavy atom. The second kappa shape index (κ2) is 7.37. The third-order valence-electron chi connectivity index (χ3n) is 5.32. The first kappa shape index (κ1) is 21.2. The molecule has 2 aromatic rings. The Balaban J connectivity index is 1.94. The van der Waals surface area contributed by atoms with E-state index >= 15 is 0 Å². The molecule has 0 spiro atoms. The largest absolute Gasteiger partial charge is 0.487 e. The smallest absolute Gasteiger partial charge is 0.252 e. The van der Waals surface area contributed by atoms with Crippen molar-refractivity contribution in [3.63, 3.8) is 0 Å². The van der Waals surface area contributed by atoms with Gasteiger partial charge in [-0.2, -0.15) is 0 Å². The number of amides is 1. The van der Waals surface area contributed by atoms with Crippen molar-refractivity contribution in [3.8, 4) is 5.75 Å². The second-order valence-electron chi connectivity index (χ2n) is 8.31. The Morgan fingerprint density at radius 1 is 1.21 bits per heavy atom. The van der Waals surface area contributed by atoms with E-state index < -0.39 is 15.6 Å². The van der Waals surface area contributed by atoms with Gasteiger partial charge < -0.3 is 10.1 Å². The van der Waals surface area contributed by atoms with E-state index in [9.17, 15) is 13.2 Å². The molecule has 0 bridgehead atoms. The lowest BCUT2D eigenvalue weighted by Gasteiger charge is -2.38. The highest BCUT2D eigenvalue weighted by molar-refractivity contribution is 7.92. The van der Waals surface area contributed by atoms with E-state index in [0.29, 0.717) is 23.2 Å². The lowest BCUT2D eigenvalue weighted by molar-refractivity contribution is 0.0619. The Hall–Kier alpha value is -2.54. The molecule has 6 nitrogen and oxygen atoms in total. The predicted molar refractivity (Wildman–Crippen MR) is 115 cm³/mol. The lowest BCUT2D eigenvalue weighted by Crippen LogP contribution is -2.41. The number of hydrogen-bond donors (Lipinski definition) is 1. The van der Waals surface area contributed by atoms with E-state index in [1.165, 1.54) is 11.4 Å². The van der Waals surface area contributed by atoms with Crippen LogP contribution in [0.4, 0.5) is 5.69 Å². The van der Waals surface area contributed by atoms with Crippen LogP contribution in [0, 0.1) is 13.8 Å². The number of nitrogens with one attached hydrogen (secondary N) is 1. The van der Waals surface area contributed by atoms with Crippen molar-refractivity contribution in [2.24, 2.45) is 0 Å². The van der Waals surface area contributed by atoms with Crippen molar-refractivity contribution in [1.29, 1.82) is 0 Å². The van der Waals surface area contributed by atoms with E-state index in [1.807, 2.05) is 39.0 Å². The minimum Gasteiger partial charge on any atom is -0.487 e. The fraction of sp³-hybridized carbons (Fsp3) is 0.409. The van der Waals surface area contributed by atoms with Crippen LogP contribution in [0.2, 0.25) is 0 Å². The number of anilines is 1. The van der Waals surface area contributed by atoms with Crippen LogP contribution in [0.1, 0.15) is 53.4 Å². The summed E-state index contributed by atoms with van der Waals surface area (Å²) in [5.41, 5.74) is 3.20. The molecule has 2 aromatic carbocycles. The van der Waals surface area contributed by atoms with Gasteiger partial charge in [-0.15, -0.1) is 0 Å². The summed E-state index contributed by atoms with van der Waals surface area (Å²) in [7, 11) is -1.94. The molecule has 1 aliphatic heterocycles. The normalized spacial score (nSPS) is 17.8. The fourth-order valence-electron chi connectivity index (χ4n) is 3.71. The van der Waals surface area contributed by atoms with Gasteiger partial charge in [-0.3, -0.25) is 9.10 Å². The van der Waals surface area contributed by atoms with Crippen LogP contribution in [0.3, 0.4) is 0 Å². The molecule has 1 atom stereocenters. The van der Waals surface area contributed by atoms with E-state index in [1.54, 1.807) is 25.1 Å². The van der Waals surface area contributed by atoms with E-state index in [2.05, 4.69) is 5.32 Å². The summed E-state index contributed by atoms with van der Waals surface area (Å²) < 4.78 is 31.2. The number of aryl methyl sites for hydroxylation is 1. The number of nitrogens with zero attached hydrogens (tertiary/aromatic N) is 1. The Bertz CT molecular complexity index is 1060. The maximum atomic E-state index is 13.1. The van der Waals surface area contributed by atoms with Gasteiger partial charge in [0.15, 0.2) is 0 Å². The first-order chi connectivity index (χ1) is 13.4. The van der Waals surface area contributed by atoms with Gasteiger partial charge in [0, 0.05) is 24.6 Å². The number of hydrogen-bond acceptors (Lipinski definition) is 4. The Morgan fingerprint density at radius 2 is 1.90 bits per heavy atom. The molecule has 1 N–H and O–H groups in total. The average Bonchev–Trinajstić information content (AvgIpc) is 2.59. The van der Waals surface area contributed by atoms with Crippen molar-refractivity contribution in [1.82, 2.24) is 5.32 Å². The Kier molecular flexibility index (Phi) is 5.38. The second-order valence-corrected chi connectivity index (χ2v) is 10.3. The molecular weight excluding hydrogens is 388 g/mol. The summed E-state index contributed by atoms with van der Waals surface area (Å²) in [6.45, 7) is 7.78. The number of ether oxygens (including phenoxy) is 1. The van der Waals surface area contributed by atoms with Crippen LogP contribution in [0.15, 0.2) is 36.4 Å². The molecule has 1 unspecified atom stereocenters. The number of carbonyl (C=O) groups excluding carboxylic acids is 1. The summed E-state index contributed by atoms with van der Waals surface area (Å²) in [5, 5.41) is 3.13. The SMILES string of the molecule is Cc1ccc2c(c1)OC(C)(C)CC2NC(=O)c1cccc(N(C)S(C)(=O)=O)c1C. The first-order valence-corrected chi connectivity index (χ1v) is 11.4. The van der Waals surface area contributed by atoms with Crippen molar-refractivity contribution in [3.05, 3.63) is 58.7 Å². The van der Waals surface area contributed by atoms with Crippen LogP contribution in [-0.2, 0) is 10.0 Å². The van der Waals surface area contributed by atoms with Gasteiger partial charge in [0.05, 0.1) is 18.0 Å².